The van der Waals surface area contributed by atoms with Crippen LogP contribution in [0.5, 0.6) is 0 Å². The van der Waals surface area contributed by atoms with Crippen molar-refractivity contribution in [3.63, 3.8) is 0 Å². The predicted octanol–water partition coefficient (Wildman–Crippen LogP) is 3.48. The number of hydrogen-bond donors (Lipinski definition) is 0. The van der Waals surface area contributed by atoms with Crippen LogP contribution in [0.25, 0.3) is 0 Å². The van der Waals surface area contributed by atoms with Gasteiger partial charge in [-0.25, -0.2) is 4.98 Å². The summed E-state index contributed by atoms with van der Waals surface area (Å²) in [5.74, 6) is 1.19. The largest absolute Gasteiger partial charge is 0.339 e. The van der Waals surface area contributed by atoms with Gasteiger partial charge in [-0.15, -0.1) is 0 Å². The number of thioether (sulfide) groups is 1. The molecule has 1 aliphatic carbocycles. The molecule has 104 valence electrons. The summed E-state index contributed by atoms with van der Waals surface area (Å²) in [7, 11) is 1.89. The number of rotatable bonds is 4. The molecule has 0 bridgehead atoms. The third-order valence-corrected chi connectivity index (χ3v) is 5.06. The number of nitrogens with zero attached hydrogens (tertiary/aromatic N) is 2. The quantitative estimate of drug-likeness (QED) is 0.798. The van der Waals surface area contributed by atoms with E-state index in [2.05, 4.69) is 11.9 Å². The molecule has 1 aliphatic rings. The second-order valence-electron chi connectivity index (χ2n) is 4.83. The molecule has 2 atom stereocenters. The Bertz CT molecular complexity index is 438. The third kappa shape index (κ3) is 3.63. The van der Waals surface area contributed by atoms with Crippen LogP contribution in [0.1, 0.15) is 36.5 Å². The summed E-state index contributed by atoms with van der Waals surface area (Å²) in [6.07, 6.45) is 4.96. The fourth-order valence-electron chi connectivity index (χ4n) is 2.53. The smallest absolute Gasteiger partial charge is 0.255 e. The molecule has 3 nitrogen and oxygen atoms in total. The molecular formula is C14H19ClN2OS. The number of hydrogen-bond acceptors (Lipinski definition) is 3. The molecule has 0 aromatic carbocycles. The van der Waals surface area contributed by atoms with Crippen LogP contribution < -0.4 is 0 Å². The Hall–Kier alpha value is -0.740. The first-order valence-electron chi connectivity index (χ1n) is 6.62. The zero-order chi connectivity index (χ0) is 13.8. The van der Waals surface area contributed by atoms with Gasteiger partial charge in [0.1, 0.15) is 5.15 Å². The molecule has 0 spiro atoms. The normalized spacial score (nSPS) is 22.5. The maximum Gasteiger partial charge on any atom is 0.255 e. The SMILES string of the molecule is CCS[C@@H]1CC[C@@H](N(C)C(=O)c2ccc(Cl)nc2)C1. The Labute approximate surface area is 123 Å². The van der Waals surface area contributed by atoms with Gasteiger partial charge in [-0.05, 0) is 37.1 Å². The Kier molecular flexibility index (Phi) is 5.11. The summed E-state index contributed by atoms with van der Waals surface area (Å²) >= 11 is 7.74. The lowest BCUT2D eigenvalue weighted by molar-refractivity contribution is 0.0735. The van der Waals surface area contributed by atoms with Crippen molar-refractivity contribution in [3.8, 4) is 0 Å². The van der Waals surface area contributed by atoms with E-state index in [1.165, 1.54) is 6.42 Å². The van der Waals surface area contributed by atoms with E-state index >= 15 is 0 Å². The van der Waals surface area contributed by atoms with Crippen molar-refractivity contribution in [1.82, 2.24) is 9.88 Å². The number of aromatic nitrogens is 1. The highest BCUT2D eigenvalue weighted by Crippen LogP contribution is 2.32. The summed E-state index contributed by atoms with van der Waals surface area (Å²) in [4.78, 5) is 18.2. The van der Waals surface area contributed by atoms with Gasteiger partial charge in [0.2, 0.25) is 0 Å². The molecule has 1 fully saturated rings. The number of carbonyl (C=O) groups excluding carboxylic acids is 1. The van der Waals surface area contributed by atoms with E-state index in [9.17, 15) is 4.79 Å². The summed E-state index contributed by atoms with van der Waals surface area (Å²) in [5.41, 5.74) is 0.610. The lowest BCUT2D eigenvalue weighted by Crippen LogP contribution is -2.35. The molecule has 0 unspecified atom stereocenters. The van der Waals surface area contributed by atoms with Gasteiger partial charge in [0.05, 0.1) is 5.56 Å². The number of pyridine rings is 1. The lowest BCUT2D eigenvalue weighted by Gasteiger charge is -2.24. The molecule has 2 rings (SSSR count). The molecule has 0 aliphatic heterocycles. The van der Waals surface area contributed by atoms with Gasteiger partial charge in [0.15, 0.2) is 0 Å². The van der Waals surface area contributed by atoms with Crippen molar-refractivity contribution in [2.75, 3.05) is 12.8 Å². The predicted molar refractivity (Wildman–Crippen MR) is 80.9 cm³/mol. The summed E-state index contributed by atoms with van der Waals surface area (Å²) in [6.45, 7) is 2.19. The van der Waals surface area contributed by atoms with Gasteiger partial charge in [0.25, 0.3) is 5.91 Å². The highest BCUT2D eigenvalue weighted by molar-refractivity contribution is 7.99. The molecule has 1 heterocycles. The second kappa shape index (κ2) is 6.62. The number of halogens is 1. The standard InChI is InChI=1S/C14H19ClN2OS/c1-3-19-12-6-5-11(8-12)17(2)14(18)10-4-7-13(15)16-9-10/h4,7,9,11-12H,3,5-6,8H2,1-2H3/t11-,12-/m1/s1. The fraction of sp³-hybridized carbons (Fsp3) is 0.571. The monoisotopic (exact) mass is 298 g/mol. The average Bonchev–Trinajstić information content (AvgIpc) is 2.87. The number of amides is 1. The Balaban J connectivity index is 1.98. The Morgan fingerprint density at radius 1 is 1.53 bits per heavy atom. The first kappa shape index (κ1) is 14.7. The van der Waals surface area contributed by atoms with Crippen molar-refractivity contribution in [2.45, 2.75) is 37.5 Å². The zero-order valence-corrected chi connectivity index (χ0v) is 12.9. The maximum atomic E-state index is 12.3. The highest BCUT2D eigenvalue weighted by Gasteiger charge is 2.30. The minimum atomic E-state index is 0.0383. The Morgan fingerprint density at radius 2 is 2.32 bits per heavy atom. The van der Waals surface area contributed by atoms with E-state index in [1.54, 1.807) is 18.3 Å². The van der Waals surface area contributed by atoms with Crippen LogP contribution in [0.3, 0.4) is 0 Å². The van der Waals surface area contributed by atoms with E-state index < -0.39 is 0 Å². The maximum absolute atomic E-state index is 12.3. The van der Waals surface area contributed by atoms with Crippen molar-refractivity contribution < 1.29 is 4.79 Å². The molecular weight excluding hydrogens is 280 g/mol. The number of carbonyl (C=O) groups is 1. The molecule has 1 saturated carbocycles. The minimum absolute atomic E-state index is 0.0383. The van der Waals surface area contributed by atoms with Crippen molar-refractivity contribution in [3.05, 3.63) is 29.0 Å². The van der Waals surface area contributed by atoms with E-state index in [0.717, 1.165) is 18.6 Å². The van der Waals surface area contributed by atoms with Crippen molar-refractivity contribution in [1.29, 1.82) is 0 Å². The second-order valence-corrected chi connectivity index (χ2v) is 6.79. The van der Waals surface area contributed by atoms with Crippen LogP contribution in [0.4, 0.5) is 0 Å². The molecule has 1 aromatic rings. The van der Waals surface area contributed by atoms with Crippen LogP contribution >= 0.6 is 23.4 Å². The van der Waals surface area contributed by atoms with E-state index in [0.29, 0.717) is 22.0 Å². The van der Waals surface area contributed by atoms with Crippen molar-refractivity contribution >= 4 is 29.3 Å². The lowest BCUT2D eigenvalue weighted by atomic mass is 10.2. The topological polar surface area (TPSA) is 33.2 Å². The molecule has 0 radical (unpaired) electrons. The first-order valence-corrected chi connectivity index (χ1v) is 8.04. The fourth-order valence-corrected chi connectivity index (χ4v) is 3.77. The van der Waals surface area contributed by atoms with Gasteiger partial charge in [-0.2, -0.15) is 11.8 Å². The van der Waals surface area contributed by atoms with Crippen molar-refractivity contribution in [2.24, 2.45) is 0 Å². The molecule has 0 saturated heterocycles. The molecule has 5 heteroatoms. The molecule has 19 heavy (non-hydrogen) atoms. The highest BCUT2D eigenvalue weighted by atomic mass is 35.5. The average molecular weight is 299 g/mol. The van der Waals surface area contributed by atoms with E-state index in [4.69, 9.17) is 11.6 Å². The van der Waals surface area contributed by atoms with Gasteiger partial charge >= 0.3 is 0 Å². The van der Waals surface area contributed by atoms with Crippen LogP contribution in [0.15, 0.2) is 18.3 Å². The minimum Gasteiger partial charge on any atom is -0.339 e. The zero-order valence-electron chi connectivity index (χ0n) is 11.3. The van der Waals surface area contributed by atoms with Crippen LogP contribution in [0.2, 0.25) is 5.15 Å². The summed E-state index contributed by atoms with van der Waals surface area (Å²) in [6, 6.07) is 3.75. The molecule has 1 amide bonds. The van der Waals surface area contributed by atoms with E-state index in [-0.39, 0.29) is 5.91 Å². The van der Waals surface area contributed by atoms with Gasteiger partial charge in [0, 0.05) is 24.5 Å². The third-order valence-electron chi connectivity index (χ3n) is 3.60. The summed E-state index contributed by atoms with van der Waals surface area (Å²) < 4.78 is 0. The molecule has 1 aromatic heterocycles. The van der Waals surface area contributed by atoms with Gasteiger partial charge in [-0.1, -0.05) is 18.5 Å². The van der Waals surface area contributed by atoms with Crippen LogP contribution in [0, 0.1) is 0 Å². The van der Waals surface area contributed by atoms with Crippen LogP contribution in [-0.2, 0) is 0 Å². The first-order chi connectivity index (χ1) is 9.11. The van der Waals surface area contributed by atoms with Crippen LogP contribution in [-0.4, -0.2) is 39.9 Å². The molecule has 0 N–H and O–H groups in total. The van der Waals surface area contributed by atoms with E-state index in [1.807, 2.05) is 23.7 Å². The van der Waals surface area contributed by atoms with Gasteiger partial charge < -0.3 is 4.90 Å². The summed E-state index contributed by atoms with van der Waals surface area (Å²) in [5, 5.41) is 1.12. The Morgan fingerprint density at radius 3 is 2.95 bits per heavy atom. The van der Waals surface area contributed by atoms with Gasteiger partial charge in [-0.3, -0.25) is 4.79 Å².